The molecular formula is C23H29N3O5. The number of hydrogen-bond acceptors (Lipinski definition) is 6. The van der Waals surface area contributed by atoms with Gasteiger partial charge >= 0.3 is 0 Å². The van der Waals surface area contributed by atoms with Gasteiger partial charge in [-0.25, -0.2) is 0 Å². The number of amides is 2. The van der Waals surface area contributed by atoms with Crippen LogP contribution in [0.5, 0.6) is 5.75 Å². The normalized spacial score (nSPS) is 13.5. The first kappa shape index (κ1) is 22.6. The highest BCUT2D eigenvalue weighted by atomic mass is 16.5. The maximum atomic E-state index is 12.5. The predicted molar refractivity (Wildman–Crippen MR) is 119 cm³/mol. The van der Waals surface area contributed by atoms with Gasteiger partial charge in [0.15, 0.2) is 0 Å². The van der Waals surface area contributed by atoms with E-state index in [1.165, 1.54) is 0 Å². The topological polar surface area (TPSA) is 89.1 Å². The van der Waals surface area contributed by atoms with Crippen LogP contribution in [0.2, 0.25) is 0 Å². The molecule has 0 aromatic heterocycles. The van der Waals surface area contributed by atoms with Crippen molar-refractivity contribution >= 4 is 23.2 Å². The lowest BCUT2D eigenvalue weighted by atomic mass is 10.1. The highest BCUT2D eigenvalue weighted by Gasteiger charge is 2.18. The third-order valence-electron chi connectivity index (χ3n) is 4.70. The molecule has 2 amide bonds. The lowest BCUT2D eigenvalue weighted by Gasteiger charge is -2.26. The Morgan fingerprint density at radius 2 is 1.81 bits per heavy atom. The van der Waals surface area contributed by atoms with Crippen LogP contribution in [0.25, 0.3) is 0 Å². The van der Waals surface area contributed by atoms with Gasteiger partial charge in [0.2, 0.25) is 5.91 Å². The molecule has 8 nitrogen and oxygen atoms in total. The summed E-state index contributed by atoms with van der Waals surface area (Å²) in [6.45, 7) is 6.04. The van der Waals surface area contributed by atoms with Crippen molar-refractivity contribution in [2.24, 2.45) is 0 Å². The van der Waals surface area contributed by atoms with Crippen molar-refractivity contribution in [2.75, 3.05) is 63.3 Å². The molecule has 0 aliphatic carbocycles. The van der Waals surface area contributed by atoms with Crippen LogP contribution in [0.3, 0.4) is 0 Å². The fourth-order valence-electron chi connectivity index (χ4n) is 3.09. The number of hydrogen-bond donors (Lipinski definition) is 2. The van der Waals surface area contributed by atoms with Crippen molar-refractivity contribution in [3.8, 4) is 5.75 Å². The van der Waals surface area contributed by atoms with Crippen LogP contribution in [0.15, 0.2) is 48.5 Å². The number of nitrogens with zero attached hydrogens (tertiary/aromatic N) is 1. The van der Waals surface area contributed by atoms with Gasteiger partial charge in [0.25, 0.3) is 5.91 Å². The summed E-state index contributed by atoms with van der Waals surface area (Å²) in [5.41, 5.74) is 2.02. The molecule has 0 radical (unpaired) electrons. The van der Waals surface area contributed by atoms with E-state index in [2.05, 4.69) is 10.6 Å². The van der Waals surface area contributed by atoms with E-state index in [4.69, 9.17) is 14.2 Å². The van der Waals surface area contributed by atoms with Gasteiger partial charge in [-0.2, -0.15) is 0 Å². The zero-order valence-corrected chi connectivity index (χ0v) is 17.8. The molecule has 1 aliphatic rings. The second kappa shape index (κ2) is 11.9. The lowest BCUT2D eigenvalue weighted by Crippen LogP contribution is -2.40. The average Bonchev–Trinajstić information content (AvgIpc) is 2.81. The van der Waals surface area contributed by atoms with Crippen molar-refractivity contribution in [2.45, 2.75) is 6.92 Å². The van der Waals surface area contributed by atoms with E-state index in [1.807, 2.05) is 31.2 Å². The molecule has 8 heteroatoms. The minimum Gasteiger partial charge on any atom is -0.491 e. The van der Waals surface area contributed by atoms with Crippen LogP contribution < -0.4 is 15.4 Å². The van der Waals surface area contributed by atoms with Crippen molar-refractivity contribution in [3.05, 3.63) is 54.1 Å². The Hall–Kier alpha value is -3.10. The lowest BCUT2D eigenvalue weighted by molar-refractivity contribution is -0.114. The number of carbonyl (C=O) groups excluding carboxylic acids is 2. The molecule has 2 N–H and O–H groups in total. The number of rotatable bonds is 10. The average molecular weight is 428 g/mol. The SMILES string of the molecule is CCOCCOc1cccc(NCC(=O)Nc2ccc(C(=O)N3CCOCC3)cc2)c1. The van der Waals surface area contributed by atoms with E-state index >= 15 is 0 Å². The Bertz CT molecular complexity index is 851. The fourth-order valence-corrected chi connectivity index (χ4v) is 3.09. The molecule has 1 heterocycles. The second-order valence-corrected chi connectivity index (χ2v) is 6.96. The van der Waals surface area contributed by atoms with Crippen LogP contribution in [0, 0.1) is 0 Å². The Morgan fingerprint density at radius 3 is 2.55 bits per heavy atom. The minimum atomic E-state index is -0.185. The number of ether oxygens (including phenoxy) is 3. The molecule has 1 saturated heterocycles. The number of anilines is 2. The Labute approximate surface area is 182 Å². The Balaban J connectivity index is 1.45. The molecule has 166 valence electrons. The Morgan fingerprint density at radius 1 is 1.03 bits per heavy atom. The maximum Gasteiger partial charge on any atom is 0.254 e. The third-order valence-corrected chi connectivity index (χ3v) is 4.70. The van der Waals surface area contributed by atoms with E-state index in [9.17, 15) is 9.59 Å². The van der Waals surface area contributed by atoms with Crippen LogP contribution in [-0.4, -0.2) is 69.4 Å². The molecule has 2 aromatic carbocycles. The molecule has 1 aliphatic heterocycles. The standard InChI is InChI=1S/C23H29N3O5/c1-2-29-14-15-31-21-5-3-4-20(16-21)24-17-22(27)25-19-8-6-18(7-9-19)23(28)26-10-12-30-13-11-26/h3-9,16,24H,2,10-15,17H2,1H3,(H,25,27). The summed E-state index contributed by atoms with van der Waals surface area (Å²) in [6, 6.07) is 14.3. The van der Waals surface area contributed by atoms with Gasteiger partial charge in [-0.1, -0.05) is 6.07 Å². The summed E-state index contributed by atoms with van der Waals surface area (Å²) in [5.74, 6) is 0.506. The van der Waals surface area contributed by atoms with Gasteiger partial charge in [0.05, 0.1) is 26.4 Å². The van der Waals surface area contributed by atoms with Crippen molar-refractivity contribution in [1.82, 2.24) is 4.90 Å². The van der Waals surface area contributed by atoms with Gasteiger partial charge < -0.3 is 29.7 Å². The fraction of sp³-hybridized carbons (Fsp3) is 0.391. The summed E-state index contributed by atoms with van der Waals surface area (Å²) in [4.78, 5) is 26.5. The van der Waals surface area contributed by atoms with Crippen LogP contribution >= 0.6 is 0 Å². The molecule has 0 unspecified atom stereocenters. The summed E-state index contributed by atoms with van der Waals surface area (Å²) < 4.78 is 16.2. The Kier molecular flexibility index (Phi) is 8.69. The first-order valence-corrected chi connectivity index (χ1v) is 10.5. The number of benzene rings is 2. The largest absolute Gasteiger partial charge is 0.491 e. The summed E-state index contributed by atoms with van der Waals surface area (Å²) in [7, 11) is 0. The van der Waals surface area contributed by atoms with Crippen molar-refractivity contribution < 1.29 is 23.8 Å². The van der Waals surface area contributed by atoms with Crippen LogP contribution in [0.1, 0.15) is 17.3 Å². The first-order chi connectivity index (χ1) is 15.2. The third kappa shape index (κ3) is 7.27. The molecule has 2 aromatic rings. The number of carbonyl (C=O) groups is 2. The second-order valence-electron chi connectivity index (χ2n) is 6.96. The molecule has 0 saturated carbocycles. The zero-order chi connectivity index (χ0) is 21.9. The molecule has 3 rings (SSSR count). The monoisotopic (exact) mass is 427 g/mol. The van der Waals surface area contributed by atoms with Gasteiger partial charge in [0.1, 0.15) is 12.4 Å². The number of morpholine rings is 1. The van der Waals surface area contributed by atoms with Gasteiger partial charge in [-0.15, -0.1) is 0 Å². The molecule has 0 atom stereocenters. The quantitative estimate of drug-likeness (QED) is 0.567. The highest BCUT2D eigenvalue weighted by Crippen LogP contribution is 2.17. The maximum absolute atomic E-state index is 12.5. The van der Waals surface area contributed by atoms with Crippen molar-refractivity contribution in [1.29, 1.82) is 0 Å². The first-order valence-electron chi connectivity index (χ1n) is 10.5. The summed E-state index contributed by atoms with van der Waals surface area (Å²) >= 11 is 0. The minimum absolute atomic E-state index is 0.0220. The van der Waals surface area contributed by atoms with Crippen LogP contribution in [-0.2, 0) is 14.3 Å². The molecule has 0 bridgehead atoms. The molecular weight excluding hydrogens is 398 g/mol. The zero-order valence-electron chi connectivity index (χ0n) is 17.8. The van der Waals surface area contributed by atoms with Gasteiger partial charge in [-0.3, -0.25) is 9.59 Å². The van der Waals surface area contributed by atoms with Gasteiger partial charge in [-0.05, 0) is 43.3 Å². The van der Waals surface area contributed by atoms with Crippen molar-refractivity contribution in [3.63, 3.8) is 0 Å². The highest BCUT2D eigenvalue weighted by molar-refractivity contribution is 5.96. The van der Waals surface area contributed by atoms with E-state index < -0.39 is 0 Å². The van der Waals surface area contributed by atoms with E-state index in [0.29, 0.717) is 63.1 Å². The molecule has 0 spiro atoms. The van der Waals surface area contributed by atoms with E-state index in [1.54, 1.807) is 29.2 Å². The predicted octanol–water partition coefficient (Wildman–Crippen LogP) is 2.62. The molecule has 1 fully saturated rings. The number of nitrogens with one attached hydrogen (secondary N) is 2. The van der Waals surface area contributed by atoms with E-state index in [-0.39, 0.29) is 18.4 Å². The smallest absolute Gasteiger partial charge is 0.254 e. The van der Waals surface area contributed by atoms with E-state index in [0.717, 1.165) is 5.69 Å². The van der Waals surface area contributed by atoms with Gasteiger partial charge in [0, 0.05) is 42.7 Å². The van der Waals surface area contributed by atoms with Crippen LogP contribution in [0.4, 0.5) is 11.4 Å². The summed E-state index contributed by atoms with van der Waals surface area (Å²) in [6.07, 6.45) is 0. The summed E-state index contributed by atoms with van der Waals surface area (Å²) in [5, 5.41) is 5.91. The molecule has 31 heavy (non-hydrogen) atoms.